The van der Waals surface area contributed by atoms with E-state index in [1.165, 1.54) is 21.1 Å². The lowest BCUT2D eigenvalue weighted by molar-refractivity contribution is 0.0940. The minimum Gasteiger partial charge on any atom is -0.493 e. The number of hydrogen-bond donors (Lipinski definition) is 1. The van der Waals surface area contributed by atoms with Crippen molar-refractivity contribution in [2.75, 3.05) is 39.7 Å². The number of hydrogen-bond acceptors (Lipinski definition) is 5. The molecule has 0 spiro atoms. The van der Waals surface area contributed by atoms with E-state index in [1.54, 1.807) is 44.6 Å². The van der Waals surface area contributed by atoms with Gasteiger partial charge in [0.2, 0.25) is 0 Å². The molecule has 0 aliphatic rings. The van der Waals surface area contributed by atoms with Crippen LogP contribution in [0.5, 0.6) is 11.5 Å². The zero-order valence-corrected chi connectivity index (χ0v) is 18.3. The Bertz CT molecular complexity index is 959. The van der Waals surface area contributed by atoms with Gasteiger partial charge in [0, 0.05) is 26.7 Å². The van der Waals surface area contributed by atoms with Gasteiger partial charge in [-0.25, -0.2) is 0 Å². The third kappa shape index (κ3) is 4.99. The standard InChI is InChI=1S/C20H27N3O5S/c1-14(16-9-12-18(27-5)19(13-16)28-6)21-20(24)15-7-10-17(11-8-15)23(4)29(25,26)22(2)3/h7-14H,1-6H3,(H,21,24). The van der Waals surface area contributed by atoms with Gasteiger partial charge in [-0.3, -0.25) is 9.10 Å². The second-order valence-corrected chi connectivity index (χ2v) is 8.79. The van der Waals surface area contributed by atoms with Crippen molar-refractivity contribution in [3.8, 4) is 11.5 Å². The van der Waals surface area contributed by atoms with Crippen LogP contribution in [0.2, 0.25) is 0 Å². The fourth-order valence-corrected chi connectivity index (χ4v) is 3.56. The van der Waals surface area contributed by atoms with Crippen molar-refractivity contribution in [3.05, 3.63) is 53.6 Å². The van der Waals surface area contributed by atoms with E-state index in [0.29, 0.717) is 22.7 Å². The summed E-state index contributed by atoms with van der Waals surface area (Å²) < 4.78 is 37.2. The van der Waals surface area contributed by atoms with E-state index in [0.717, 1.165) is 14.2 Å². The average Bonchev–Trinajstić information content (AvgIpc) is 2.72. The number of nitrogens with zero attached hydrogens (tertiary/aromatic N) is 2. The summed E-state index contributed by atoms with van der Waals surface area (Å²) in [6, 6.07) is 11.6. The molecule has 1 N–H and O–H groups in total. The number of anilines is 1. The van der Waals surface area contributed by atoms with Gasteiger partial charge in [0.05, 0.1) is 25.9 Å². The van der Waals surface area contributed by atoms with Crippen LogP contribution in [0.25, 0.3) is 0 Å². The molecule has 2 aromatic carbocycles. The first-order chi connectivity index (χ1) is 13.6. The van der Waals surface area contributed by atoms with Crippen molar-refractivity contribution in [2.45, 2.75) is 13.0 Å². The minimum absolute atomic E-state index is 0.265. The van der Waals surface area contributed by atoms with E-state index >= 15 is 0 Å². The maximum atomic E-state index is 12.6. The number of carbonyl (C=O) groups excluding carboxylic acids is 1. The lowest BCUT2D eigenvalue weighted by Crippen LogP contribution is -2.37. The third-order valence-electron chi connectivity index (χ3n) is 4.56. The van der Waals surface area contributed by atoms with Crippen molar-refractivity contribution in [2.24, 2.45) is 0 Å². The van der Waals surface area contributed by atoms with Gasteiger partial charge in [0.25, 0.3) is 5.91 Å². The quantitative estimate of drug-likeness (QED) is 0.707. The highest BCUT2D eigenvalue weighted by Gasteiger charge is 2.21. The molecular weight excluding hydrogens is 394 g/mol. The molecule has 0 aliphatic heterocycles. The molecule has 0 fully saturated rings. The first-order valence-corrected chi connectivity index (χ1v) is 10.3. The number of nitrogens with one attached hydrogen (secondary N) is 1. The van der Waals surface area contributed by atoms with Crippen LogP contribution in [0, 0.1) is 0 Å². The summed E-state index contributed by atoms with van der Waals surface area (Å²) in [5.41, 5.74) is 1.75. The summed E-state index contributed by atoms with van der Waals surface area (Å²) in [6.45, 7) is 1.87. The Morgan fingerprint density at radius 1 is 0.966 bits per heavy atom. The topological polar surface area (TPSA) is 88.2 Å². The summed E-state index contributed by atoms with van der Waals surface area (Å²) in [7, 11) is 3.92. The molecule has 2 aromatic rings. The molecule has 0 aliphatic carbocycles. The Labute approximate surface area is 172 Å². The summed E-state index contributed by atoms with van der Waals surface area (Å²) in [5.74, 6) is 0.930. The van der Waals surface area contributed by atoms with Gasteiger partial charge in [-0.15, -0.1) is 0 Å². The average molecular weight is 422 g/mol. The predicted octanol–water partition coefficient (Wildman–Crippen LogP) is 2.44. The van der Waals surface area contributed by atoms with Crippen LogP contribution < -0.4 is 19.1 Å². The molecule has 1 unspecified atom stereocenters. The normalized spacial score (nSPS) is 12.4. The van der Waals surface area contributed by atoms with Crippen LogP contribution in [0.4, 0.5) is 5.69 Å². The Morgan fingerprint density at radius 3 is 2.07 bits per heavy atom. The Balaban J connectivity index is 2.13. The molecule has 1 atom stereocenters. The van der Waals surface area contributed by atoms with Gasteiger partial charge >= 0.3 is 10.2 Å². The smallest absolute Gasteiger partial charge is 0.303 e. The van der Waals surface area contributed by atoms with E-state index in [-0.39, 0.29) is 11.9 Å². The lowest BCUT2D eigenvalue weighted by atomic mass is 10.1. The molecule has 8 nitrogen and oxygen atoms in total. The maximum absolute atomic E-state index is 12.6. The van der Waals surface area contributed by atoms with Gasteiger partial charge in [0.15, 0.2) is 11.5 Å². The molecule has 0 aromatic heterocycles. The molecule has 2 rings (SSSR count). The van der Waals surface area contributed by atoms with Crippen LogP contribution in [-0.4, -0.2) is 54.0 Å². The number of methoxy groups -OCH3 is 2. The molecule has 0 radical (unpaired) electrons. The van der Waals surface area contributed by atoms with Gasteiger partial charge in [-0.2, -0.15) is 12.7 Å². The highest BCUT2D eigenvalue weighted by Crippen LogP contribution is 2.30. The zero-order chi connectivity index (χ0) is 21.8. The van der Waals surface area contributed by atoms with E-state index in [9.17, 15) is 13.2 Å². The zero-order valence-electron chi connectivity index (χ0n) is 17.5. The number of amides is 1. The predicted molar refractivity (Wildman–Crippen MR) is 113 cm³/mol. The lowest BCUT2D eigenvalue weighted by Gasteiger charge is -2.23. The van der Waals surface area contributed by atoms with E-state index in [4.69, 9.17) is 9.47 Å². The Morgan fingerprint density at radius 2 is 1.55 bits per heavy atom. The molecular formula is C20H27N3O5S. The minimum atomic E-state index is -3.59. The van der Waals surface area contributed by atoms with Crippen LogP contribution in [-0.2, 0) is 10.2 Å². The Kier molecular flexibility index (Phi) is 7.10. The number of carbonyl (C=O) groups is 1. The number of rotatable bonds is 8. The van der Waals surface area contributed by atoms with Crippen molar-refractivity contribution >= 4 is 21.8 Å². The van der Waals surface area contributed by atoms with Crippen molar-refractivity contribution in [1.82, 2.24) is 9.62 Å². The second-order valence-electron chi connectivity index (χ2n) is 6.61. The van der Waals surface area contributed by atoms with Crippen LogP contribution >= 0.6 is 0 Å². The van der Waals surface area contributed by atoms with Crippen molar-refractivity contribution in [3.63, 3.8) is 0 Å². The van der Waals surface area contributed by atoms with E-state index in [1.807, 2.05) is 19.1 Å². The summed E-state index contributed by atoms with van der Waals surface area (Å²) in [4.78, 5) is 12.6. The van der Waals surface area contributed by atoms with Crippen LogP contribution in [0.1, 0.15) is 28.9 Å². The first-order valence-electron chi connectivity index (χ1n) is 8.91. The molecule has 1 amide bonds. The molecule has 0 bridgehead atoms. The molecule has 0 heterocycles. The van der Waals surface area contributed by atoms with E-state index in [2.05, 4.69) is 5.32 Å². The highest BCUT2D eigenvalue weighted by atomic mass is 32.2. The molecule has 0 saturated carbocycles. The fraction of sp³-hybridized carbons (Fsp3) is 0.350. The maximum Gasteiger partial charge on any atom is 0.303 e. The molecule has 0 saturated heterocycles. The summed E-state index contributed by atoms with van der Waals surface area (Å²) >= 11 is 0. The van der Waals surface area contributed by atoms with Crippen LogP contribution in [0.3, 0.4) is 0 Å². The van der Waals surface area contributed by atoms with E-state index < -0.39 is 10.2 Å². The van der Waals surface area contributed by atoms with Gasteiger partial charge in [-0.1, -0.05) is 6.07 Å². The fourth-order valence-electron chi connectivity index (χ4n) is 2.69. The summed E-state index contributed by atoms with van der Waals surface area (Å²) in [6.07, 6.45) is 0. The Hall–Kier alpha value is -2.78. The van der Waals surface area contributed by atoms with Gasteiger partial charge in [-0.05, 0) is 48.9 Å². The second kappa shape index (κ2) is 9.15. The summed E-state index contributed by atoms with van der Waals surface area (Å²) in [5, 5.41) is 2.92. The van der Waals surface area contributed by atoms with Crippen molar-refractivity contribution < 1.29 is 22.7 Å². The van der Waals surface area contributed by atoms with Gasteiger partial charge < -0.3 is 14.8 Å². The number of ether oxygens (including phenoxy) is 2. The SMILES string of the molecule is COc1ccc(C(C)NC(=O)c2ccc(N(C)S(=O)(=O)N(C)C)cc2)cc1OC. The largest absolute Gasteiger partial charge is 0.493 e. The molecule has 9 heteroatoms. The van der Waals surface area contributed by atoms with Crippen LogP contribution in [0.15, 0.2) is 42.5 Å². The first kappa shape index (κ1) is 22.5. The highest BCUT2D eigenvalue weighted by molar-refractivity contribution is 7.90. The van der Waals surface area contributed by atoms with Crippen molar-refractivity contribution in [1.29, 1.82) is 0 Å². The third-order valence-corrected chi connectivity index (χ3v) is 6.38. The molecule has 29 heavy (non-hydrogen) atoms. The monoisotopic (exact) mass is 421 g/mol. The molecule has 158 valence electrons. The number of benzene rings is 2. The van der Waals surface area contributed by atoms with Gasteiger partial charge in [0.1, 0.15) is 0 Å².